The van der Waals surface area contributed by atoms with Crippen LogP contribution in [0.5, 0.6) is 11.5 Å². The van der Waals surface area contributed by atoms with E-state index < -0.39 is 0 Å². The van der Waals surface area contributed by atoms with Crippen molar-refractivity contribution in [2.75, 3.05) is 12.1 Å². The van der Waals surface area contributed by atoms with Crippen LogP contribution in [0.4, 0.5) is 5.82 Å². The maximum Gasteiger partial charge on any atom is 0.254 e. The summed E-state index contributed by atoms with van der Waals surface area (Å²) >= 11 is 0. The van der Waals surface area contributed by atoms with Gasteiger partial charge in [-0.2, -0.15) is 9.50 Å². The minimum absolute atomic E-state index is 0.275. The zero-order chi connectivity index (χ0) is 19.1. The second kappa shape index (κ2) is 6.53. The van der Waals surface area contributed by atoms with E-state index in [2.05, 4.69) is 39.4 Å². The molecular formula is C21H19N5O2. The van der Waals surface area contributed by atoms with Crippen LogP contribution in [0.25, 0.3) is 17.2 Å². The van der Waals surface area contributed by atoms with Crippen molar-refractivity contribution in [1.82, 2.24) is 19.6 Å². The molecule has 3 heterocycles. The summed E-state index contributed by atoms with van der Waals surface area (Å²) in [5.41, 5.74) is 4.14. The lowest BCUT2D eigenvalue weighted by atomic mass is 10.1. The molecular weight excluding hydrogens is 354 g/mol. The molecule has 7 nitrogen and oxygen atoms in total. The van der Waals surface area contributed by atoms with Gasteiger partial charge < -0.3 is 14.8 Å². The van der Waals surface area contributed by atoms with E-state index in [1.807, 2.05) is 43.3 Å². The number of fused-ring (bicyclic) bond motifs is 2. The van der Waals surface area contributed by atoms with Crippen molar-refractivity contribution in [3.8, 4) is 22.9 Å². The van der Waals surface area contributed by atoms with Crippen molar-refractivity contribution < 1.29 is 9.47 Å². The molecule has 1 aliphatic rings. The topological polar surface area (TPSA) is 73.6 Å². The molecule has 0 bridgehead atoms. The minimum atomic E-state index is 0.275. The fourth-order valence-electron chi connectivity index (χ4n) is 3.18. The molecule has 0 amide bonds. The highest BCUT2D eigenvalue weighted by atomic mass is 16.7. The van der Waals surface area contributed by atoms with Crippen LogP contribution in [0.3, 0.4) is 0 Å². The Kier molecular flexibility index (Phi) is 3.86. The molecule has 7 heteroatoms. The van der Waals surface area contributed by atoms with Crippen LogP contribution < -0.4 is 14.8 Å². The molecule has 28 heavy (non-hydrogen) atoms. The molecule has 4 aromatic rings. The van der Waals surface area contributed by atoms with Crippen molar-refractivity contribution in [1.29, 1.82) is 0 Å². The molecule has 0 aliphatic carbocycles. The summed E-state index contributed by atoms with van der Waals surface area (Å²) in [6, 6.07) is 16.1. The van der Waals surface area contributed by atoms with Crippen molar-refractivity contribution in [2.24, 2.45) is 0 Å². The van der Waals surface area contributed by atoms with Gasteiger partial charge >= 0.3 is 0 Å². The first-order valence-corrected chi connectivity index (χ1v) is 9.09. The Bertz CT molecular complexity index is 1170. The Labute approximate surface area is 162 Å². The number of anilines is 1. The normalized spacial score (nSPS) is 12.5. The van der Waals surface area contributed by atoms with E-state index in [0.29, 0.717) is 18.1 Å². The SMILES string of the molecule is Cc1ccc(-c2nc3nc(C)cc(NCc4ccc5c(c4)OCO5)n3n2)cc1. The summed E-state index contributed by atoms with van der Waals surface area (Å²) in [5.74, 6) is 3.63. The number of aryl methyl sites for hydroxylation is 2. The van der Waals surface area contributed by atoms with E-state index in [1.165, 1.54) is 5.56 Å². The van der Waals surface area contributed by atoms with Gasteiger partial charge in [-0.05, 0) is 31.5 Å². The van der Waals surface area contributed by atoms with Gasteiger partial charge in [0.15, 0.2) is 17.3 Å². The summed E-state index contributed by atoms with van der Waals surface area (Å²) in [7, 11) is 0. The van der Waals surface area contributed by atoms with Gasteiger partial charge in [-0.25, -0.2) is 4.98 Å². The first-order chi connectivity index (χ1) is 13.7. The minimum Gasteiger partial charge on any atom is -0.454 e. The summed E-state index contributed by atoms with van der Waals surface area (Å²) in [6.45, 7) is 4.90. The highest BCUT2D eigenvalue weighted by Crippen LogP contribution is 2.32. The highest BCUT2D eigenvalue weighted by Gasteiger charge is 2.14. The van der Waals surface area contributed by atoms with Gasteiger partial charge in [0.1, 0.15) is 5.82 Å². The summed E-state index contributed by atoms with van der Waals surface area (Å²) in [5, 5.41) is 8.09. The Hall–Kier alpha value is -3.61. The standard InChI is InChI=1S/C21H19N5O2/c1-13-3-6-16(7-4-13)20-24-21-23-14(2)9-19(26(21)25-20)22-11-15-5-8-17-18(10-15)28-12-27-17/h3-10,22H,11-12H2,1-2H3. The number of rotatable bonds is 4. The zero-order valence-electron chi connectivity index (χ0n) is 15.6. The van der Waals surface area contributed by atoms with E-state index in [1.54, 1.807) is 4.52 Å². The maximum absolute atomic E-state index is 5.45. The van der Waals surface area contributed by atoms with Crippen LogP contribution in [-0.4, -0.2) is 26.4 Å². The average Bonchev–Trinajstić information content (AvgIpc) is 3.32. The van der Waals surface area contributed by atoms with E-state index in [9.17, 15) is 0 Å². The van der Waals surface area contributed by atoms with Gasteiger partial charge in [0, 0.05) is 23.9 Å². The predicted molar refractivity (Wildman–Crippen MR) is 106 cm³/mol. The lowest BCUT2D eigenvalue weighted by molar-refractivity contribution is 0.174. The smallest absolute Gasteiger partial charge is 0.254 e. The second-order valence-electron chi connectivity index (χ2n) is 6.84. The number of hydrogen-bond donors (Lipinski definition) is 1. The molecule has 0 radical (unpaired) electrons. The van der Waals surface area contributed by atoms with Gasteiger partial charge in [-0.15, -0.1) is 5.10 Å². The van der Waals surface area contributed by atoms with Gasteiger partial charge in [0.25, 0.3) is 5.78 Å². The van der Waals surface area contributed by atoms with E-state index in [0.717, 1.165) is 34.1 Å². The van der Waals surface area contributed by atoms with Gasteiger partial charge in [-0.3, -0.25) is 0 Å². The van der Waals surface area contributed by atoms with Crippen LogP contribution in [0.15, 0.2) is 48.5 Å². The molecule has 1 N–H and O–H groups in total. The Morgan fingerprint density at radius 3 is 2.64 bits per heavy atom. The fourth-order valence-corrected chi connectivity index (χ4v) is 3.18. The largest absolute Gasteiger partial charge is 0.454 e. The summed E-state index contributed by atoms with van der Waals surface area (Å²) < 4.78 is 12.6. The Balaban J connectivity index is 1.46. The summed E-state index contributed by atoms with van der Waals surface area (Å²) in [4.78, 5) is 9.12. The average molecular weight is 373 g/mol. The number of ether oxygens (including phenoxy) is 2. The molecule has 0 fully saturated rings. The first kappa shape index (κ1) is 16.6. The maximum atomic E-state index is 5.45. The van der Waals surface area contributed by atoms with Crippen molar-refractivity contribution in [3.63, 3.8) is 0 Å². The lowest BCUT2D eigenvalue weighted by Gasteiger charge is -2.09. The molecule has 5 rings (SSSR count). The monoisotopic (exact) mass is 373 g/mol. The Morgan fingerprint density at radius 2 is 1.79 bits per heavy atom. The third kappa shape index (κ3) is 3.00. The van der Waals surface area contributed by atoms with Crippen LogP contribution in [-0.2, 0) is 6.54 Å². The molecule has 0 atom stereocenters. The van der Waals surface area contributed by atoms with Crippen molar-refractivity contribution in [2.45, 2.75) is 20.4 Å². The third-order valence-electron chi connectivity index (χ3n) is 4.66. The molecule has 2 aromatic carbocycles. The van der Waals surface area contributed by atoms with Crippen molar-refractivity contribution >= 4 is 11.6 Å². The van der Waals surface area contributed by atoms with E-state index >= 15 is 0 Å². The molecule has 0 spiro atoms. The third-order valence-corrected chi connectivity index (χ3v) is 4.66. The van der Waals surface area contributed by atoms with Crippen LogP contribution in [0.1, 0.15) is 16.8 Å². The number of aromatic nitrogens is 4. The molecule has 0 saturated carbocycles. The highest BCUT2D eigenvalue weighted by molar-refractivity contribution is 5.59. The fraction of sp³-hybridized carbons (Fsp3) is 0.190. The van der Waals surface area contributed by atoms with E-state index in [4.69, 9.17) is 9.47 Å². The van der Waals surface area contributed by atoms with Gasteiger partial charge in [0.05, 0.1) is 0 Å². The van der Waals surface area contributed by atoms with Crippen LogP contribution >= 0.6 is 0 Å². The quantitative estimate of drug-likeness (QED) is 0.587. The zero-order valence-corrected chi connectivity index (χ0v) is 15.6. The predicted octanol–water partition coefficient (Wildman–Crippen LogP) is 3.75. The number of nitrogens with one attached hydrogen (secondary N) is 1. The van der Waals surface area contributed by atoms with Gasteiger partial charge in [-0.1, -0.05) is 35.9 Å². The molecule has 0 unspecified atom stereocenters. The molecule has 2 aromatic heterocycles. The van der Waals surface area contributed by atoms with Crippen LogP contribution in [0.2, 0.25) is 0 Å². The first-order valence-electron chi connectivity index (χ1n) is 9.09. The number of nitrogens with zero attached hydrogens (tertiary/aromatic N) is 4. The van der Waals surface area contributed by atoms with Crippen molar-refractivity contribution in [3.05, 3.63) is 65.4 Å². The number of benzene rings is 2. The van der Waals surface area contributed by atoms with Gasteiger partial charge in [0.2, 0.25) is 6.79 Å². The molecule has 140 valence electrons. The molecule has 1 aliphatic heterocycles. The number of hydrogen-bond acceptors (Lipinski definition) is 6. The lowest BCUT2D eigenvalue weighted by Crippen LogP contribution is -2.07. The molecule has 0 saturated heterocycles. The van der Waals surface area contributed by atoms with E-state index in [-0.39, 0.29) is 6.79 Å². The second-order valence-corrected chi connectivity index (χ2v) is 6.84. The Morgan fingerprint density at radius 1 is 0.964 bits per heavy atom. The summed E-state index contributed by atoms with van der Waals surface area (Å²) in [6.07, 6.45) is 0. The van der Waals surface area contributed by atoms with Crippen LogP contribution in [0, 0.1) is 13.8 Å².